The molecule has 132 valence electrons. The third kappa shape index (κ3) is 5.43. The number of nitrogens with one attached hydrogen (secondary N) is 3. The van der Waals surface area contributed by atoms with Gasteiger partial charge in [0.05, 0.1) is 0 Å². The van der Waals surface area contributed by atoms with E-state index in [1.54, 1.807) is 24.3 Å². The van der Waals surface area contributed by atoms with E-state index in [4.69, 9.17) is 0 Å². The van der Waals surface area contributed by atoms with Crippen LogP contribution < -0.4 is 16.0 Å². The molecule has 5 nitrogen and oxygen atoms in total. The summed E-state index contributed by atoms with van der Waals surface area (Å²) in [6.07, 6.45) is 0. The highest BCUT2D eigenvalue weighted by Crippen LogP contribution is 2.17. The molecular weight excluding hydrogens is 314 g/mol. The lowest BCUT2D eigenvalue weighted by Gasteiger charge is -2.12. The quantitative estimate of drug-likeness (QED) is 0.721. The van der Waals surface area contributed by atoms with Crippen molar-refractivity contribution in [2.75, 3.05) is 17.2 Å². The molecule has 0 saturated carbocycles. The molecule has 0 bridgehead atoms. The lowest BCUT2D eigenvalue weighted by molar-refractivity contribution is -0.118. The van der Waals surface area contributed by atoms with E-state index in [2.05, 4.69) is 16.0 Å². The van der Waals surface area contributed by atoms with E-state index in [-0.39, 0.29) is 17.7 Å². The number of hydrogen-bond acceptors (Lipinski definition) is 3. The molecule has 2 aromatic rings. The van der Waals surface area contributed by atoms with E-state index in [1.165, 1.54) is 0 Å². The van der Waals surface area contributed by atoms with Gasteiger partial charge in [0.25, 0.3) is 5.91 Å². The molecule has 0 aliphatic rings. The number of benzene rings is 2. The second-order valence-electron chi connectivity index (χ2n) is 6.11. The van der Waals surface area contributed by atoms with Crippen LogP contribution in [-0.2, 0) is 11.3 Å². The summed E-state index contributed by atoms with van der Waals surface area (Å²) in [6, 6.07) is 14.6. The maximum atomic E-state index is 12.5. The minimum Gasteiger partial charge on any atom is -0.326 e. The van der Waals surface area contributed by atoms with Crippen molar-refractivity contribution < 1.29 is 9.59 Å². The number of rotatable bonds is 7. The highest BCUT2D eigenvalue weighted by atomic mass is 16.2. The number of hydrogen-bond donors (Lipinski definition) is 3. The fraction of sp³-hybridized carbons (Fsp3) is 0.300. The summed E-state index contributed by atoms with van der Waals surface area (Å²) >= 11 is 0. The minimum atomic E-state index is -0.175. The van der Waals surface area contributed by atoms with Gasteiger partial charge in [0.2, 0.25) is 5.91 Å². The van der Waals surface area contributed by atoms with Gasteiger partial charge in [0.15, 0.2) is 0 Å². The number of para-hydroxylation sites is 1. The molecule has 2 aromatic carbocycles. The van der Waals surface area contributed by atoms with E-state index in [0.717, 1.165) is 17.8 Å². The SMILES string of the molecule is CCNCc1ccccc1NC(=O)c1ccc(NC(=O)C(C)C)cc1. The maximum Gasteiger partial charge on any atom is 0.255 e. The van der Waals surface area contributed by atoms with Crippen LogP contribution in [0.4, 0.5) is 11.4 Å². The van der Waals surface area contributed by atoms with Crippen LogP contribution in [0.1, 0.15) is 36.7 Å². The molecule has 0 spiro atoms. The lowest BCUT2D eigenvalue weighted by Crippen LogP contribution is -2.18. The predicted molar refractivity (Wildman–Crippen MR) is 102 cm³/mol. The fourth-order valence-electron chi connectivity index (χ4n) is 2.24. The van der Waals surface area contributed by atoms with Crippen molar-refractivity contribution >= 4 is 23.2 Å². The molecule has 0 heterocycles. The van der Waals surface area contributed by atoms with Gasteiger partial charge in [0.1, 0.15) is 0 Å². The average molecular weight is 339 g/mol. The van der Waals surface area contributed by atoms with E-state index in [0.29, 0.717) is 17.8 Å². The summed E-state index contributed by atoms with van der Waals surface area (Å²) in [4.78, 5) is 24.2. The van der Waals surface area contributed by atoms with Gasteiger partial charge in [-0.25, -0.2) is 0 Å². The lowest BCUT2D eigenvalue weighted by atomic mass is 10.1. The molecule has 2 amide bonds. The molecule has 0 atom stereocenters. The molecule has 0 saturated heterocycles. The summed E-state index contributed by atoms with van der Waals surface area (Å²) in [5.74, 6) is -0.309. The predicted octanol–water partition coefficient (Wildman–Crippen LogP) is 3.64. The zero-order valence-electron chi connectivity index (χ0n) is 14.9. The first-order valence-electron chi connectivity index (χ1n) is 8.52. The van der Waals surface area contributed by atoms with Gasteiger partial charge < -0.3 is 16.0 Å². The molecule has 25 heavy (non-hydrogen) atoms. The molecule has 2 rings (SSSR count). The van der Waals surface area contributed by atoms with Crippen molar-refractivity contribution in [2.45, 2.75) is 27.3 Å². The highest BCUT2D eigenvalue weighted by Gasteiger charge is 2.10. The first-order valence-corrected chi connectivity index (χ1v) is 8.52. The summed E-state index contributed by atoms with van der Waals surface area (Å²) in [6.45, 7) is 7.28. The van der Waals surface area contributed by atoms with Crippen LogP contribution in [-0.4, -0.2) is 18.4 Å². The molecule has 0 aliphatic carbocycles. The Hall–Kier alpha value is -2.66. The molecule has 5 heteroatoms. The van der Waals surface area contributed by atoms with Gasteiger partial charge in [-0.1, -0.05) is 39.0 Å². The zero-order valence-corrected chi connectivity index (χ0v) is 14.9. The first kappa shape index (κ1) is 18.7. The number of anilines is 2. The average Bonchev–Trinajstić information content (AvgIpc) is 2.61. The third-order valence-electron chi connectivity index (χ3n) is 3.77. The standard InChI is InChI=1S/C20H25N3O2/c1-4-21-13-16-7-5-6-8-18(16)23-20(25)15-9-11-17(12-10-15)22-19(24)14(2)3/h5-12,14,21H,4,13H2,1-3H3,(H,22,24)(H,23,25). The summed E-state index contributed by atoms with van der Waals surface area (Å²) < 4.78 is 0. The van der Waals surface area contributed by atoms with Crippen molar-refractivity contribution in [1.82, 2.24) is 5.32 Å². The Morgan fingerprint density at radius 3 is 2.28 bits per heavy atom. The topological polar surface area (TPSA) is 70.2 Å². The Morgan fingerprint density at radius 2 is 1.64 bits per heavy atom. The van der Waals surface area contributed by atoms with Crippen molar-refractivity contribution in [3.05, 3.63) is 59.7 Å². The highest BCUT2D eigenvalue weighted by molar-refractivity contribution is 6.05. The van der Waals surface area contributed by atoms with E-state index in [1.807, 2.05) is 45.0 Å². The minimum absolute atomic E-state index is 0.0467. The number of carbonyl (C=O) groups is 2. The Labute approximate surface area is 148 Å². The van der Waals surface area contributed by atoms with Crippen molar-refractivity contribution in [2.24, 2.45) is 5.92 Å². The Balaban J connectivity index is 2.05. The molecule has 3 N–H and O–H groups in total. The monoisotopic (exact) mass is 339 g/mol. The normalized spacial score (nSPS) is 10.6. The van der Waals surface area contributed by atoms with Gasteiger partial charge >= 0.3 is 0 Å². The fourth-order valence-corrected chi connectivity index (χ4v) is 2.24. The van der Waals surface area contributed by atoms with Crippen molar-refractivity contribution in [1.29, 1.82) is 0 Å². The van der Waals surface area contributed by atoms with E-state index < -0.39 is 0 Å². The third-order valence-corrected chi connectivity index (χ3v) is 3.77. The van der Waals surface area contributed by atoms with Gasteiger partial charge in [-0.15, -0.1) is 0 Å². The second kappa shape index (κ2) is 8.99. The van der Waals surface area contributed by atoms with Gasteiger partial charge in [-0.2, -0.15) is 0 Å². The van der Waals surface area contributed by atoms with Gasteiger partial charge in [-0.05, 0) is 42.4 Å². The first-order chi connectivity index (χ1) is 12.0. The summed E-state index contributed by atoms with van der Waals surface area (Å²) in [5.41, 5.74) is 3.06. The smallest absolute Gasteiger partial charge is 0.255 e. The number of carbonyl (C=O) groups excluding carboxylic acids is 2. The number of amides is 2. The molecule has 0 radical (unpaired) electrons. The second-order valence-corrected chi connectivity index (χ2v) is 6.11. The Morgan fingerprint density at radius 1 is 0.960 bits per heavy atom. The van der Waals surface area contributed by atoms with Crippen LogP contribution in [0.5, 0.6) is 0 Å². The Bertz CT molecular complexity index is 724. The Kier molecular flexibility index (Phi) is 6.71. The largest absolute Gasteiger partial charge is 0.326 e. The van der Waals surface area contributed by atoms with Gasteiger partial charge in [0, 0.05) is 29.4 Å². The summed E-state index contributed by atoms with van der Waals surface area (Å²) in [5, 5.41) is 9.02. The molecule has 0 unspecified atom stereocenters. The molecular formula is C20H25N3O2. The molecule has 0 fully saturated rings. The van der Waals surface area contributed by atoms with Crippen LogP contribution in [0.3, 0.4) is 0 Å². The van der Waals surface area contributed by atoms with Crippen molar-refractivity contribution in [3.8, 4) is 0 Å². The van der Waals surface area contributed by atoms with Crippen LogP contribution in [0, 0.1) is 5.92 Å². The van der Waals surface area contributed by atoms with Crippen molar-refractivity contribution in [3.63, 3.8) is 0 Å². The van der Waals surface area contributed by atoms with E-state index >= 15 is 0 Å². The van der Waals surface area contributed by atoms with Crippen LogP contribution in [0.15, 0.2) is 48.5 Å². The van der Waals surface area contributed by atoms with Gasteiger partial charge in [-0.3, -0.25) is 9.59 Å². The van der Waals surface area contributed by atoms with Crippen LogP contribution in [0.25, 0.3) is 0 Å². The molecule has 0 aliphatic heterocycles. The van der Waals surface area contributed by atoms with Crippen LogP contribution in [0.2, 0.25) is 0 Å². The van der Waals surface area contributed by atoms with Crippen LogP contribution >= 0.6 is 0 Å². The van der Waals surface area contributed by atoms with E-state index in [9.17, 15) is 9.59 Å². The zero-order chi connectivity index (χ0) is 18.2. The maximum absolute atomic E-state index is 12.5. The molecule has 0 aromatic heterocycles. The summed E-state index contributed by atoms with van der Waals surface area (Å²) in [7, 11) is 0.